The molecule has 1 N–H and O–H groups in total. The molecule has 0 bridgehead atoms. The summed E-state index contributed by atoms with van der Waals surface area (Å²) in [5.74, 6) is 0. The molecule has 0 amide bonds. The molecule has 1 atom stereocenters. The maximum Gasteiger partial charge on any atom is 0.0762 e. The molecule has 1 nitrogen and oxygen atoms in total. The molecule has 0 aliphatic rings. The first kappa shape index (κ1) is 11.9. The van der Waals surface area contributed by atoms with Gasteiger partial charge in [0.15, 0.2) is 0 Å². The van der Waals surface area contributed by atoms with Crippen molar-refractivity contribution in [2.45, 2.75) is 37.0 Å². The SMILES string of the molecule is CC(C)Sc1ccc([C@@H](C)O)cc1Cl. The summed E-state index contributed by atoms with van der Waals surface area (Å²) in [7, 11) is 0. The minimum Gasteiger partial charge on any atom is -0.389 e. The van der Waals surface area contributed by atoms with Crippen LogP contribution in [-0.2, 0) is 0 Å². The summed E-state index contributed by atoms with van der Waals surface area (Å²) in [4.78, 5) is 1.08. The topological polar surface area (TPSA) is 20.2 Å². The Balaban J connectivity index is 2.90. The third-order valence-corrected chi connectivity index (χ3v) is 3.31. The fourth-order valence-electron chi connectivity index (χ4n) is 1.13. The molecular formula is C11H15ClOS. The third kappa shape index (κ3) is 3.19. The Hall–Kier alpha value is -0.180. The van der Waals surface area contributed by atoms with Crippen molar-refractivity contribution in [1.82, 2.24) is 0 Å². The van der Waals surface area contributed by atoms with Crippen LogP contribution in [0.2, 0.25) is 5.02 Å². The van der Waals surface area contributed by atoms with Crippen molar-refractivity contribution in [2.75, 3.05) is 0 Å². The summed E-state index contributed by atoms with van der Waals surface area (Å²) in [5.41, 5.74) is 0.864. The summed E-state index contributed by atoms with van der Waals surface area (Å²) in [6, 6.07) is 5.72. The number of hydrogen-bond donors (Lipinski definition) is 1. The zero-order valence-corrected chi connectivity index (χ0v) is 10.2. The molecule has 0 fully saturated rings. The molecular weight excluding hydrogens is 216 g/mol. The molecule has 0 saturated heterocycles. The Bertz CT molecular complexity index is 310. The Kier molecular flexibility index (Phi) is 4.30. The van der Waals surface area contributed by atoms with E-state index in [-0.39, 0.29) is 0 Å². The van der Waals surface area contributed by atoms with Gasteiger partial charge in [-0.05, 0) is 24.6 Å². The lowest BCUT2D eigenvalue weighted by Gasteiger charge is -2.10. The van der Waals surface area contributed by atoms with Crippen LogP contribution in [0.4, 0.5) is 0 Å². The summed E-state index contributed by atoms with van der Waals surface area (Å²) in [5, 5.41) is 10.6. The van der Waals surface area contributed by atoms with E-state index < -0.39 is 6.10 Å². The monoisotopic (exact) mass is 230 g/mol. The number of halogens is 1. The van der Waals surface area contributed by atoms with E-state index in [0.717, 1.165) is 15.5 Å². The van der Waals surface area contributed by atoms with Gasteiger partial charge in [-0.25, -0.2) is 0 Å². The van der Waals surface area contributed by atoms with Gasteiger partial charge in [0.2, 0.25) is 0 Å². The van der Waals surface area contributed by atoms with Gasteiger partial charge >= 0.3 is 0 Å². The van der Waals surface area contributed by atoms with Crippen LogP contribution in [0.15, 0.2) is 23.1 Å². The lowest BCUT2D eigenvalue weighted by atomic mass is 10.1. The Morgan fingerprint density at radius 1 is 1.29 bits per heavy atom. The van der Waals surface area contributed by atoms with Gasteiger partial charge in [-0.1, -0.05) is 31.5 Å². The van der Waals surface area contributed by atoms with Crippen LogP contribution in [0.5, 0.6) is 0 Å². The van der Waals surface area contributed by atoms with E-state index in [1.54, 1.807) is 18.7 Å². The molecule has 0 unspecified atom stereocenters. The molecule has 1 aromatic rings. The number of aliphatic hydroxyl groups is 1. The lowest BCUT2D eigenvalue weighted by Crippen LogP contribution is -1.92. The van der Waals surface area contributed by atoms with E-state index >= 15 is 0 Å². The molecule has 14 heavy (non-hydrogen) atoms. The van der Waals surface area contributed by atoms with Gasteiger partial charge in [-0.15, -0.1) is 11.8 Å². The smallest absolute Gasteiger partial charge is 0.0762 e. The normalized spacial score (nSPS) is 13.3. The molecule has 78 valence electrons. The highest BCUT2D eigenvalue weighted by molar-refractivity contribution is 8.00. The van der Waals surface area contributed by atoms with Gasteiger partial charge in [-0.3, -0.25) is 0 Å². The first-order valence-corrected chi connectivity index (χ1v) is 5.90. The van der Waals surface area contributed by atoms with Gasteiger partial charge in [0.05, 0.1) is 11.1 Å². The molecule has 1 aromatic carbocycles. The molecule has 0 spiro atoms. The van der Waals surface area contributed by atoms with E-state index in [9.17, 15) is 5.11 Å². The first-order chi connectivity index (χ1) is 6.50. The summed E-state index contributed by atoms with van der Waals surface area (Å²) >= 11 is 7.82. The maximum atomic E-state index is 9.36. The minimum atomic E-state index is -0.453. The molecule has 1 rings (SSSR count). The van der Waals surface area contributed by atoms with Gasteiger partial charge < -0.3 is 5.11 Å². The molecule has 0 aromatic heterocycles. The predicted molar refractivity (Wildman–Crippen MR) is 63.1 cm³/mol. The Labute approximate surface area is 94.5 Å². The first-order valence-electron chi connectivity index (χ1n) is 4.65. The van der Waals surface area contributed by atoms with Crippen LogP contribution in [0.3, 0.4) is 0 Å². The van der Waals surface area contributed by atoms with Crippen molar-refractivity contribution in [3.05, 3.63) is 28.8 Å². The van der Waals surface area contributed by atoms with Crippen LogP contribution >= 0.6 is 23.4 Å². The van der Waals surface area contributed by atoms with Gasteiger partial charge in [0, 0.05) is 10.1 Å². The minimum absolute atomic E-state index is 0.453. The van der Waals surface area contributed by atoms with Crippen molar-refractivity contribution < 1.29 is 5.11 Å². The summed E-state index contributed by atoms with van der Waals surface area (Å²) in [6.07, 6.45) is -0.453. The van der Waals surface area contributed by atoms with Crippen molar-refractivity contribution in [1.29, 1.82) is 0 Å². The zero-order valence-electron chi connectivity index (χ0n) is 8.62. The Morgan fingerprint density at radius 3 is 2.36 bits per heavy atom. The van der Waals surface area contributed by atoms with Crippen LogP contribution in [-0.4, -0.2) is 10.4 Å². The standard InChI is InChI=1S/C11H15ClOS/c1-7(2)14-11-5-4-9(8(3)13)6-10(11)12/h4-8,13H,1-3H3/t8-/m1/s1. The number of benzene rings is 1. The number of hydrogen-bond acceptors (Lipinski definition) is 2. The van der Waals surface area contributed by atoms with E-state index in [1.807, 2.05) is 18.2 Å². The zero-order chi connectivity index (χ0) is 10.7. The fraction of sp³-hybridized carbons (Fsp3) is 0.455. The largest absolute Gasteiger partial charge is 0.389 e. The second kappa shape index (κ2) is 5.06. The number of thioether (sulfide) groups is 1. The molecule has 0 radical (unpaired) electrons. The summed E-state index contributed by atoms with van der Waals surface area (Å²) < 4.78 is 0. The summed E-state index contributed by atoms with van der Waals surface area (Å²) in [6.45, 7) is 5.99. The molecule has 0 aliphatic heterocycles. The van der Waals surface area contributed by atoms with E-state index in [1.165, 1.54) is 0 Å². The Morgan fingerprint density at radius 2 is 1.93 bits per heavy atom. The maximum absolute atomic E-state index is 9.36. The van der Waals surface area contributed by atoms with Crippen molar-refractivity contribution >= 4 is 23.4 Å². The predicted octanol–water partition coefficient (Wildman–Crippen LogP) is 3.89. The highest BCUT2D eigenvalue weighted by Gasteiger charge is 2.07. The van der Waals surface area contributed by atoms with Crippen LogP contribution < -0.4 is 0 Å². The van der Waals surface area contributed by atoms with Gasteiger partial charge in [0.25, 0.3) is 0 Å². The van der Waals surface area contributed by atoms with Crippen molar-refractivity contribution in [3.63, 3.8) is 0 Å². The fourth-order valence-corrected chi connectivity index (χ4v) is 2.28. The van der Waals surface area contributed by atoms with E-state index in [2.05, 4.69) is 13.8 Å². The van der Waals surface area contributed by atoms with Crippen LogP contribution in [0.25, 0.3) is 0 Å². The van der Waals surface area contributed by atoms with Crippen molar-refractivity contribution in [2.24, 2.45) is 0 Å². The van der Waals surface area contributed by atoms with Crippen LogP contribution in [0, 0.1) is 0 Å². The van der Waals surface area contributed by atoms with Gasteiger partial charge in [-0.2, -0.15) is 0 Å². The highest BCUT2D eigenvalue weighted by atomic mass is 35.5. The van der Waals surface area contributed by atoms with Gasteiger partial charge in [0.1, 0.15) is 0 Å². The second-order valence-electron chi connectivity index (χ2n) is 3.53. The van der Waals surface area contributed by atoms with Crippen LogP contribution in [0.1, 0.15) is 32.4 Å². The third-order valence-electron chi connectivity index (χ3n) is 1.80. The lowest BCUT2D eigenvalue weighted by molar-refractivity contribution is 0.199. The number of rotatable bonds is 3. The second-order valence-corrected chi connectivity index (χ2v) is 5.56. The van der Waals surface area contributed by atoms with Crippen molar-refractivity contribution in [3.8, 4) is 0 Å². The molecule has 0 saturated carbocycles. The molecule has 3 heteroatoms. The highest BCUT2D eigenvalue weighted by Crippen LogP contribution is 2.32. The average molecular weight is 231 g/mol. The number of aliphatic hydroxyl groups excluding tert-OH is 1. The molecule has 0 heterocycles. The van der Waals surface area contributed by atoms with E-state index in [4.69, 9.17) is 11.6 Å². The quantitative estimate of drug-likeness (QED) is 0.795. The molecule has 0 aliphatic carbocycles. The average Bonchev–Trinajstić information content (AvgIpc) is 2.07. The van der Waals surface area contributed by atoms with E-state index in [0.29, 0.717) is 5.25 Å².